The first kappa shape index (κ1) is 14.7. The number of nitrogens with zero attached hydrogens (tertiary/aromatic N) is 4. The van der Waals surface area contributed by atoms with Crippen molar-refractivity contribution < 1.29 is 14.3 Å². The zero-order valence-corrected chi connectivity index (χ0v) is 11.0. The number of hydrogen-bond acceptors (Lipinski definition) is 5. The molecule has 1 amide bonds. The molecule has 0 saturated carbocycles. The van der Waals surface area contributed by atoms with Crippen LogP contribution < -0.4 is 0 Å². The number of esters is 1. The summed E-state index contributed by atoms with van der Waals surface area (Å²) in [5.41, 5.74) is 0.314. The van der Waals surface area contributed by atoms with E-state index in [2.05, 4.69) is 5.10 Å². The van der Waals surface area contributed by atoms with E-state index in [1.165, 1.54) is 22.0 Å². The average Bonchev–Trinajstić information content (AvgIpc) is 2.84. The lowest BCUT2D eigenvalue weighted by Gasteiger charge is -2.14. The fraction of sp³-hybridized carbons (Fsp3) is 0.500. The lowest BCUT2D eigenvalue weighted by molar-refractivity contribution is -0.130. The normalized spacial score (nSPS) is 9.74. The highest BCUT2D eigenvalue weighted by atomic mass is 16.5. The minimum Gasteiger partial charge on any atom is -0.462 e. The Bertz CT molecular complexity index is 489. The minimum atomic E-state index is -0.459. The first-order chi connectivity index (χ1) is 9.08. The van der Waals surface area contributed by atoms with Crippen molar-refractivity contribution in [2.75, 3.05) is 20.2 Å². The number of carbonyl (C=O) groups is 2. The summed E-state index contributed by atoms with van der Waals surface area (Å²) < 4.78 is 6.20. The van der Waals surface area contributed by atoms with Crippen LogP contribution in [0.2, 0.25) is 0 Å². The number of ether oxygens (including phenoxy) is 1. The number of nitriles is 1. The van der Waals surface area contributed by atoms with Gasteiger partial charge in [-0.2, -0.15) is 10.4 Å². The number of hydrogen-bond donors (Lipinski definition) is 0. The number of likely N-dealkylation sites (N-methyl/N-ethyl adjacent to an activating group) is 1. The summed E-state index contributed by atoms with van der Waals surface area (Å²) in [6.45, 7) is 2.42. The van der Waals surface area contributed by atoms with Gasteiger partial charge in [0, 0.05) is 19.8 Å². The maximum atomic E-state index is 11.8. The van der Waals surface area contributed by atoms with Crippen LogP contribution >= 0.6 is 0 Å². The Morgan fingerprint density at radius 2 is 2.32 bits per heavy atom. The van der Waals surface area contributed by atoms with Gasteiger partial charge in [0.1, 0.15) is 6.54 Å². The molecule has 0 unspecified atom stereocenters. The van der Waals surface area contributed by atoms with E-state index >= 15 is 0 Å². The van der Waals surface area contributed by atoms with Gasteiger partial charge in [-0.25, -0.2) is 4.79 Å². The van der Waals surface area contributed by atoms with Crippen molar-refractivity contribution >= 4 is 11.9 Å². The van der Waals surface area contributed by atoms with Gasteiger partial charge in [0.05, 0.1) is 30.9 Å². The Morgan fingerprint density at radius 3 is 2.95 bits per heavy atom. The molecule has 0 aliphatic heterocycles. The first-order valence-electron chi connectivity index (χ1n) is 5.89. The lowest BCUT2D eigenvalue weighted by atomic mass is 10.4. The quantitative estimate of drug-likeness (QED) is 0.695. The Hall–Kier alpha value is -2.36. The van der Waals surface area contributed by atoms with Gasteiger partial charge in [0.25, 0.3) is 0 Å². The second-order valence-electron chi connectivity index (χ2n) is 3.87. The van der Waals surface area contributed by atoms with Crippen LogP contribution in [0.4, 0.5) is 0 Å². The summed E-state index contributed by atoms with van der Waals surface area (Å²) in [4.78, 5) is 24.6. The Balaban J connectivity index is 2.56. The monoisotopic (exact) mass is 264 g/mol. The molecule has 0 atom stereocenters. The van der Waals surface area contributed by atoms with E-state index in [0.29, 0.717) is 18.7 Å². The maximum Gasteiger partial charge on any atom is 0.341 e. The third-order valence-corrected chi connectivity index (χ3v) is 2.43. The van der Waals surface area contributed by atoms with Crippen LogP contribution in [0.3, 0.4) is 0 Å². The van der Waals surface area contributed by atoms with E-state index in [4.69, 9.17) is 10.00 Å². The van der Waals surface area contributed by atoms with Gasteiger partial charge in [-0.05, 0) is 6.92 Å². The van der Waals surface area contributed by atoms with Gasteiger partial charge >= 0.3 is 5.97 Å². The van der Waals surface area contributed by atoms with Crippen LogP contribution in [0.15, 0.2) is 12.4 Å². The van der Waals surface area contributed by atoms with Crippen molar-refractivity contribution in [1.29, 1.82) is 5.26 Å². The molecule has 7 heteroatoms. The molecule has 1 aromatic rings. The van der Waals surface area contributed by atoms with E-state index in [-0.39, 0.29) is 18.9 Å². The molecule has 0 aliphatic rings. The van der Waals surface area contributed by atoms with Crippen molar-refractivity contribution in [3.8, 4) is 6.07 Å². The summed E-state index contributed by atoms with van der Waals surface area (Å²) >= 11 is 0. The van der Waals surface area contributed by atoms with Gasteiger partial charge in [-0.1, -0.05) is 0 Å². The van der Waals surface area contributed by atoms with Crippen LogP contribution in [0.5, 0.6) is 0 Å². The number of rotatable bonds is 6. The third-order valence-electron chi connectivity index (χ3n) is 2.43. The molecular weight excluding hydrogens is 248 g/mol. The predicted octanol–water partition coefficient (Wildman–Crippen LogP) is 0.432. The summed E-state index contributed by atoms with van der Waals surface area (Å²) in [6, 6.07) is 1.97. The smallest absolute Gasteiger partial charge is 0.341 e. The molecule has 0 N–H and O–H groups in total. The van der Waals surface area contributed by atoms with Gasteiger partial charge in [-0.15, -0.1) is 0 Å². The Labute approximate surface area is 111 Å². The second kappa shape index (κ2) is 7.16. The summed E-state index contributed by atoms with van der Waals surface area (Å²) in [6.07, 6.45) is 3.12. The zero-order valence-electron chi connectivity index (χ0n) is 11.0. The van der Waals surface area contributed by atoms with Crippen LogP contribution in [0.1, 0.15) is 23.7 Å². The van der Waals surface area contributed by atoms with E-state index in [9.17, 15) is 9.59 Å². The highest BCUT2D eigenvalue weighted by molar-refractivity contribution is 5.88. The summed E-state index contributed by atoms with van der Waals surface area (Å²) in [7, 11) is 1.62. The number of carbonyl (C=O) groups excluding carboxylic acids is 2. The molecule has 0 aromatic carbocycles. The minimum absolute atomic E-state index is 0.0291. The number of amides is 1. The van der Waals surface area contributed by atoms with Crippen LogP contribution in [-0.4, -0.2) is 46.8 Å². The van der Waals surface area contributed by atoms with Gasteiger partial charge in [-0.3, -0.25) is 9.48 Å². The molecule has 0 aliphatic carbocycles. The molecule has 0 spiro atoms. The second-order valence-corrected chi connectivity index (χ2v) is 3.87. The molecule has 0 saturated heterocycles. The summed E-state index contributed by atoms with van der Waals surface area (Å²) in [5.74, 6) is -0.632. The SMILES string of the molecule is CCOC(=O)c1cnn(CC(=O)N(C)CCC#N)c1. The van der Waals surface area contributed by atoms with Crippen molar-refractivity contribution in [3.05, 3.63) is 18.0 Å². The van der Waals surface area contributed by atoms with E-state index in [0.717, 1.165) is 0 Å². The molecular formula is C12H16N4O3. The van der Waals surface area contributed by atoms with Gasteiger partial charge in [0.15, 0.2) is 0 Å². The van der Waals surface area contributed by atoms with E-state index in [1.54, 1.807) is 14.0 Å². The maximum absolute atomic E-state index is 11.8. The molecule has 0 bridgehead atoms. The fourth-order valence-corrected chi connectivity index (χ4v) is 1.37. The lowest BCUT2D eigenvalue weighted by Crippen LogP contribution is -2.31. The average molecular weight is 264 g/mol. The third kappa shape index (κ3) is 4.43. The molecule has 102 valence electrons. The van der Waals surface area contributed by atoms with Gasteiger partial charge in [0.2, 0.25) is 5.91 Å². The topological polar surface area (TPSA) is 88.2 Å². The van der Waals surface area contributed by atoms with E-state index in [1.807, 2.05) is 6.07 Å². The Kier molecular flexibility index (Phi) is 5.54. The predicted molar refractivity (Wildman–Crippen MR) is 66.1 cm³/mol. The molecule has 1 aromatic heterocycles. The molecule has 0 radical (unpaired) electrons. The highest BCUT2D eigenvalue weighted by Crippen LogP contribution is 2.01. The molecule has 1 rings (SSSR count). The van der Waals surface area contributed by atoms with Crippen molar-refractivity contribution in [2.45, 2.75) is 19.9 Å². The number of aromatic nitrogens is 2. The van der Waals surface area contributed by atoms with Gasteiger partial charge < -0.3 is 9.64 Å². The van der Waals surface area contributed by atoms with Crippen LogP contribution in [0, 0.1) is 11.3 Å². The summed E-state index contributed by atoms with van der Waals surface area (Å²) in [5, 5.41) is 12.4. The van der Waals surface area contributed by atoms with Crippen LogP contribution in [-0.2, 0) is 16.1 Å². The van der Waals surface area contributed by atoms with Crippen molar-refractivity contribution in [2.24, 2.45) is 0 Å². The molecule has 19 heavy (non-hydrogen) atoms. The zero-order chi connectivity index (χ0) is 14.3. The largest absolute Gasteiger partial charge is 0.462 e. The molecule has 1 heterocycles. The molecule has 0 fully saturated rings. The standard InChI is InChI=1S/C12H16N4O3/c1-3-19-12(18)10-7-14-16(8-10)9-11(17)15(2)6-4-5-13/h7-8H,3-4,6,9H2,1-2H3. The van der Waals surface area contributed by atoms with Crippen LogP contribution in [0.25, 0.3) is 0 Å². The Morgan fingerprint density at radius 1 is 1.58 bits per heavy atom. The first-order valence-corrected chi connectivity index (χ1v) is 5.89. The fourth-order valence-electron chi connectivity index (χ4n) is 1.37. The van der Waals surface area contributed by atoms with Crippen molar-refractivity contribution in [1.82, 2.24) is 14.7 Å². The van der Waals surface area contributed by atoms with Crippen molar-refractivity contribution in [3.63, 3.8) is 0 Å². The highest BCUT2D eigenvalue weighted by Gasteiger charge is 2.13. The van der Waals surface area contributed by atoms with E-state index < -0.39 is 5.97 Å². The molecule has 7 nitrogen and oxygen atoms in total.